The maximum atomic E-state index is 13.7. The zero-order chi connectivity index (χ0) is 39.7. The van der Waals surface area contributed by atoms with E-state index < -0.39 is 12.0 Å². The van der Waals surface area contributed by atoms with Gasteiger partial charge < -0.3 is 35.0 Å². The van der Waals surface area contributed by atoms with Crippen molar-refractivity contribution in [3.8, 4) is 34.5 Å². The van der Waals surface area contributed by atoms with Gasteiger partial charge in [-0.15, -0.1) is 0 Å². The highest BCUT2D eigenvalue weighted by Gasteiger charge is 2.57. The van der Waals surface area contributed by atoms with Crippen molar-refractivity contribution in [1.82, 2.24) is 0 Å². The molecule has 0 aliphatic heterocycles. The van der Waals surface area contributed by atoms with Gasteiger partial charge in [0.25, 0.3) is 0 Å². The Morgan fingerprint density at radius 2 is 1.61 bits per heavy atom. The zero-order valence-electron chi connectivity index (χ0n) is 32.5. The Labute approximate surface area is 334 Å². The van der Waals surface area contributed by atoms with Crippen molar-refractivity contribution in [2.24, 2.45) is 23.0 Å². The van der Waals surface area contributed by atoms with Gasteiger partial charge in [0.1, 0.15) is 24.9 Å². The van der Waals surface area contributed by atoms with E-state index in [1.165, 1.54) is 43.7 Å². The van der Waals surface area contributed by atoms with Crippen molar-refractivity contribution in [1.29, 1.82) is 0 Å². The number of rotatable bonds is 13. The quantitative estimate of drug-likeness (QED) is 0.0443. The lowest BCUT2D eigenvalue weighted by Crippen LogP contribution is -2.49. The number of hydrogen-bond acceptors (Lipinski definition) is 9. The van der Waals surface area contributed by atoms with E-state index in [4.69, 9.17) is 15.2 Å². The Kier molecular flexibility index (Phi) is 11.0. The number of benzene rings is 4. The van der Waals surface area contributed by atoms with Crippen molar-refractivity contribution in [3.63, 3.8) is 0 Å². The van der Waals surface area contributed by atoms with Gasteiger partial charge in [0.2, 0.25) is 5.75 Å². The molecule has 0 saturated heterocycles. The van der Waals surface area contributed by atoms with E-state index >= 15 is 0 Å². The summed E-state index contributed by atoms with van der Waals surface area (Å²) in [6, 6.07) is 24.3. The molecule has 57 heavy (non-hydrogen) atoms. The van der Waals surface area contributed by atoms with Crippen molar-refractivity contribution in [2.45, 2.75) is 107 Å². The number of nitrogens with two attached hydrogens (primary N) is 1. The highest BCUT2D eigenvalue weighted by molar-refractivity contribution is 5.79. The molecule has 1 spiro atoms. The number of aliphatic hydroxyl groups excluding tert-OH is 1. The number of phenolic OH excluding ortho intramolecular Hbond substituents is 4. The predicted molar refractivity (Wildman–Crippen MR) is 218 cm³/mol. The third-order valence-electron chi connectivity index (χ3n) is 13.8. The number of carbonyl (C=O) groups is 1. The number of ether oxygens (including phenoxy) is 2. The average Bonchev–Trinajstić information content (AvgIpc) is 3.47. The molecule has 6 atom stereocenters. The van der Waals surface area contributed by atoms with Gasteiger partial charge in [0.15, 0.2) is 23.0 Å². The van der Waals surface area contributed by atoms with Crippen LogP contribution >= 0.6 is 0 Å². The third-order valence-corrected chi connectivity index (χ3v) is 13.8. The van der Waals surface area contributed by atoms with Crippen LogP contribution < -0.4 is 15.2 Å². The molecule has 0 radical (unpaired) electrons. The maximum absolute atomic E-state index is 13.7. The van der Waals surface area contributed by atoms with Gasteiger partial charge in [-0.1, -0.05) is 79.9 Å². The molecule has 5 aliphatic carbocycles. The largest absolute Gasteiger partial charge is 0.508 e. The van der Waals surface area contributed by atoms with E-state index in [0.717, 1.165) is 42.4 Å². The van der Waals surface area contributed by atoms with Gasteiger partial charge in [-0.25, -0.2) is 0 Å². The summed E-state index contributed by atoms with van der Waals surface area (Å²) in [4.78, 5) is 13.7. The number of carbonyl (C=O) groups excluding carboxylic acids is 1. The van der Waals surface area contributed by atoms with E-state index in [0.29, 0.717) is 12.0 Å². The predicted octanol–water partition coefficient (Wildman–Crippen LogP) is 8.78. The first kappa shape index (κ1) is 38.9. The van der Waals surface area contributed by atoms with Crippen LogP contribution in [0.2, 0.25) is 0 Å². The van der Waals surface area contributed by atoms with E-state index in [1.807, 2.05) is 6.07 Å². The molecule has 2 fully saturated rings. The molecule has 4 aromatic carbocycles. The van der Waals surface area contributed by atoms with Crippen LogP contribution in [0.4, 0.5) is 0 Å². The van der Waals surface area contributed by atoms with Crippen LogP contribution in [-0.2, 0) is 23.2 Å². The van der Waals surface area contributed by atoms with Crippen LogP contribution in [0.5, 0.6) is 34.5 Å². The summed E-state index contributed by atoms with van der Waals surface area (Å²) in [5.74, 6) is -0.987. The zero-order valence-corrected chi connectivity index (χ0v) is 32.5. The first-order valence-electron chi connectivity index (χ1n) is 20.7. The SMILES string of the molecule is NCOc1cc(CCC(=O)C[C@H](O)[C@H]2C=C[C@@H]3C[C@@H]([C@@]4(c5ccccc5)CCCC5(CCCC5)C4)[C@@H]2c2cc(O)c(O)c(OCc4cccc(O)c4)c23)ccc1O. The normalized spacial score (nSPS) is 25.2. The lowest BCUT2D eigenvalue weighted by Gasteiger charge is -2.56. The molecule has 5 aliphatic rings. The molecule has 0 heterocycles. The number of ketones is 1. The lowest BCUT2D eigenvalue weighted by molar-refractivity contribution is -0.121. The fourth-order valence-electron chi connectivity index (χ4n) is 11.4. The van der Waals surface area contributed by atoms with Gasteiger partial charge in [0.05, 0.1) is 6.10 Å². The highest BCUT2D eigenvalue weighted by Crippen LogP contribution is 2.66. The molecule has 300 valence electrons. The lowest BCUT2D eigenvalue weighted by atomic mass is 9.48. The van der Waals surface area contributed by atoms with Crippen molar-refractivity contribution in [2.75, 3.05) is 6.73 Å². The van der Waals surface area contributed by atoms with Gasteiger partial charge in [-0.3, -0.25) is 10.5 Å². The number of fused-ring (bicyclic) bond motifs is 2. The molecule has 0 unspecified atom stereocenters. The van der Waals surface area contributed by atoms with Crippen molar-refractivity contribution >= 4 is 5.78 Å². The summed E-state index contributed by atoms with van der Waals surface area (Å²) in [6.45, 7) is -0.0153. The fourth-order valence-corrected chi connectivity index (χ4v) is 11.4. The van der Waals surface area contributed by atoms with Crippen LogP contribution in [-0.4, -0.2) is 44.2 Å². The first-order chi connectivity index (χ1) is 27.6. The number of aryl methyl sites for hydroxylation is 1. The second-order valence-electron chi connectivity index (χ2n) is 17.2. The van der Waals surface area contributed by atoms with E-state index in [2.05, 4.69) is 42.5 Å². The summed E-state index contributed by atoms with van der Waals surface area (Å²) in [5.41, 5.74) is 10.1. The molecule has 0 amide bonds. The molecule has 2 bridgehead atoms. The Hall–Kier alpha value is -4.99. The minimum atomic E-state index is -1.01. The summed E-state index contributed by atoms with van der Waals surface area (Å²) in [5, 5.41) is 55.4. The Balaban J connectivity index is 1.18. The smallest absolute Gasteiger partial charge is 0.200 e. The second-order valence-corrected chi connectivity index (χ2v) is 17.2. The van der Waals surface area contributed by atoms with Gasteiger partial charge in [-0.05, 0) is 120 Å². The van der Waals surface area contributed by atoms with Crippen LogP contribution in [0, 0.1) is 17.3 Å². The molecule has 9 rings (SSSR count). The van der Waals surface area contributed by atoms with Gasteiger partial charge >= 0.3 is 0 Å². The fraction of sp³-hybridized carbons (Fsp3) is 0.438. The van der Waals surface area contributed by atoms with Gasteiger partial charge in [0, 0.05) is 30.2 Å². The first-order valence-corrected chi connectivity index (χ1v) is 20.7. The molecule has 4 aromatic rings. The van der Waals surface area contributed by atoms with Crippen LogP contribution in [0.15, 0.2) is 91.0 Å². The molecular formula is C48H55NO8. The number of Topliss-reactive ketones (excluding diaryl/α,β-unsaturated/α-hetero) is 1. The maximum Gasteiger partial charge on any atom is 0.200 e. The Morgan fingerprint density at radius 3 is 2.39 bits per heavy atom. The summed E-state index contributed by atoms with van der Waals surface area (Å²) >= 11 is 0. The van der Waals surface area contributed by atoms with Crippen molar-refractivity contribution < 1.29 is 39.8 Å². The summed E-state index contributed by atoms with van der Waals surface area (Å²) in [7, 11) is 0. The molecular weight excluding hydrogens is 719 g/mol. The number of phenols is 4. The van der Waals surface area contributed by atoms with Gasteiger partial charge in [-0.2, -0.15) is 0 Å². The molecule has 9 heteroatoms. The van der Waals surface area contributed by atoms with E-state index in [9.17, 15) is 30.3 Å². The standard InChI is InChI=1S/C48H55NO8/c49-29-57-42-23-30(13-17-39(42)52)12-15-35(51)25-40(53)36-16-14-32-24-38(48(33-9-2-1-3-10-33)21-7-20-47(28-48)18-4-5-19-47)44(36)37-26-41(54)45(55)46(43(32)37)56-27-31-8-6-11-34(50)22-31/h1-3,6,8-11,13-14,16-17,22-23,26,32,36,38,40,44,50,52-55H,4-5,7,12,15,18-21,24-25,27-29,49H2/t32-,36-,38-,40+,44+,48+/m1/s1. The van der Waals surface area contributed by atoms with E-state index in [-0.39, 0.29) is 95.0 Å². The monoisotopic (exact) mass is 773 g/mol. The number of aromatic hydroxyl groups is 4. The molecule has 7 N–H and O–H groups in total. The van der Waals surface area contributed by atoms with Crippen LogP contribution in [0.3, 0.4) is 0 Å². The minimum Gasteiger partial charge on any atom is -0.508 e. The summed E-state index contributed by atoms with van der Waals surface area (Å²) < 4.78 is 11.7. The van der Waals surface area contributed by atoms with Crippen LogP contribution in [0.1, 0.15) is 110 Å². The Morgan fingerprint density at radius 1 is 0.825 bits per heavy atom. The average molecular weight is 774 g/mol. The summed E-state index contributed by atoms with van der Waals surface area (Å²) in [6.07, 6.45) is 13.9. The molecule has 9 nitrogen and oxygen atoms in total. The number of hydrogen-bond donors (Lipinski definition) is 6. The minimum absolute atomic E-state index is 0.0202. The topological polar surface area (TPSA) is 163 Å². The highest BCUT2D eigenvalue weighted by atomic mass is 16.5. The molecule has 2 saturated carbocycles. The van der Waals surface area contributed by atoms with E-state index in [1.54, 1.807) is 36.4 Å². The third kappa shape index (κ3) is 7.60. The number of allylic oxidation sites excluding steroid dienone is 1. The Bertz CT molecular complexity index is 2110. The number of aliphatic hydroxyl groups is 1. The van der Waals surface area contributed by atoms with Crippen LogP contribution in [0.25, 0.3) is 0 Å². The van der Waals surface area contributed by atoms with Crippen molar-refractivity contribution in [3.05, 3.63) is 119 Å². The second kappa shape index (κ2) is 16.1. The molecule has 0 aromatic heterocycles.